The van der Waals surface area contributed by atoms with Gasteiger partial charge in [0, 0.05) is 6.42 Å². The van der Waals surface area contributed by atoms with E-state index in [-0.39, 0.29) is 0 Å². The van der Waals surface area contributed by atoms with Crippen LogP contribution in [0.2, 0.25) is 0 Å². The molecule has 0 saturated heterocycles. The Bertz CT molecular complexity index is 378. The number of carboxylic acid groups (broad SMARTS) is 1. The number of carboxylic acids is 1. The van der Waals surface area contributed by atoms with Crippen molar-refractivity contribution in [3.05, 3.63) is 5.82 Å². The van der Waals surface area contributed by atoms with E-state index in [1.807, 2.05) is 0 Å². The van der Waals surface area contributed by atoms with Crippen LogP contribution in [0.1, 0.15) is 26.6 Å². The highest BCUT2D eigenvalue weighted by Gasteiger charge is 2.18. The fraction of sp³-hybridized carbons (Fsp3) is 0.667. The molecular formula is C9H16N4O2S. The molecule has 1 rings (SSSR count). The molecule has 0 saturated carbocycles. The van der Waals surface area contributed by atoms with Crippen molar-refractivity contribution in [3.8, 4) is 0 Å². The second kappa shape index (κ2) is 5.20. The number of nitrogens with two attached hydrogens (primary N) is 1. The molecule has 0 aliphatic carbocycles. The predicted molar refractivity (Wildman–Crippen MR) is 61.7 cm³/mol. The maximum atomic E-state index is 10.7. The van der Waals surface area contributed by atoms with Crippen LogP contribution in [0.4, 0.5) is 0 Å². The van der Waals surface area contributed by atoms with Crippen LogP contribution < -0.4 is 5.84 Å². The van der Waals surface area contributed by atoms with Gasteiger partial charge in [-0.3, -0.25) is 4.79 Å². The van der Waals surface area contributed by atoms with Gasteiger partial charge in [0.25, 0.3) is 0 Å². The summed E-state index contributed by atoms with van der Waals surface area (Å²) in [7, 11) is 0. The van der Waals surface area contributed by atoms with Gasteiger partial charge in [-0.1, -0.05) is 25.6 Å². The number of aliphatic carboxylic acids is 1. The summed E-state index contributed by atoms with van der Waals surface area (Å²) < 4.78 is 1.37. The minimum atomic E-state index is -0.890. The Labute approximate surface area is 98.2 Å². The quantitative estimate of drug-likeness (QED) is 0.586. The van der Waals surface area contributed by atoms with E-state index in [9.17, 15) is 4.79 Å². The van der Waals surface area contributed by atoms with Gasteiger partial charge in [0.15, 0.2) is 5.82 Å². The van der Waals surface area contributed by atoms with Crippen LogP contribution >= 0.6 is 11.8 Å². The van der Waals surface area contributed by atoms with Gasteiger partial charge in [-0.15, -0.1) is 10.2 Å². The zero-order valence-corrected chi connectivity index (χ0v) is 10.4. The van der Waals surface area contributed by atoms with E-state index in [2.05, 4.69) is 24.0 Å². The third kappa shape index (κ3) is 3.13. The smallest absolute Gasteiger partial charge is 0.316 e. The Morgan fingerprint density at radius 2 is 2.12 bits per heavy atom. The molecule has 16 heavy (non-hydrogen) atoms. The lowest BCUT2D eigenvalue weighted by molar-refractivity contribution is -0.136. The summed E-state index contributed by atoms with van der Waals surface area (Å²) in [5, 5.41) is 16.4. The monoisotopic (exact) mass is 244 g/mol. The lowest BCUT2D eigenvalue weighted by atomic mass is 10.1. The summed E-state index contributed by atoms with van der Waals surface area (Å²) in [6.45, 7) is 5.70. The molecule has 0 bridgehead atoms. The summed E-state index contributed by atoms with van der Waals surface area (Å²) in [6, 6.07) is 0. The minimum Gasteiger partial charge on any atom is -0.480 e. The van der Waals surface area contributed by atoms with E-state index in [0.29, 0.717) is 16.9 Å². The molecule has 1 atom stereocenters. The van der Waals surface area contributed by atoms with E-state index in [0.717, 1.165) is 18.2 Å². The van der Waals surface area contributed by atoms with Crippen molar-refractivity contribution in [3.63, 3.8) is 0 Å². The summed E-state index contributed by atoms with van der Waals surface area (Å²) >= 11 is 1.09. The zero-order chi connectivity index (χ0) is 12.3. The highest BCUT2D eigenvalue weighted by molar-refractivity contribution is 8.00. The van der Waals surface area contributed by atoms with Crippen LogP contribution in [0.3, 0.4) is 0 Å². The standard InChI is InChI=1S/C9H16N4O2S/c1-5(2)4-7-11-12-9(13(7)10)16-6(3)8(14)15/h5-6H,4,10H2,1-3H3,(H,14,15). The summed E-state index contributed by atoms with van der Waals surface area (Å²) in [5.74, 6) is 6.00. The summed E-state index contributed by atoms with van der Waals surface area (Å²) in [5.41, 5.74) is 0. The van der Waals surface area contributed by atoms with Crippen LogP contribution in [-0.2, 0) is 11.2 Å². The number of nitrogen functional groups attached to an aromatic ring is 1. The van der Waals surface area contributed by atoms with Crippen LogP contribution in [-0.4, -0.2) is 31.2 Å². The molecule has 0 radical (unpaired) electrons. The van der Waals surface area contributed by atoms with Gasteiger partial charge in [0.1, 0.15) is 5.25 Å². The molecule has 7 heteroatoms. The van der Waals surface area contributed by atoms with Crippen molar-refractivity contribution >= 4 is 17.7 Å². The Morgan fingerprint density at radius 3 is 2.62 bits per heavy atom. The number of rotatable bonds is 5. The Balaban J connectivity index is 2.75. The number of aromatic nitrogens is 3. The molecule has 0 aromatic carbocycles. The summed E-state index contributed by atoms with van der Waals surface area (Å²) in [4.78, 5) is 10.7. The largest absolute Gasteiger partial charge is 0.480 e. The molecule has 0 aliphatic heterocycles. The van der Waals surface area contributed by atoms with Gasteiger partial charge in [-0.2, -0.15) is 0 Å². The molecule has 90 valence electrons. The normalized spacial score (nSPS) is 13.0. The van der Waals surface area contributed by atoms with Crippen molar-refractivity contribution < 1.29 is 9.90 Å². The first-order valence-corrected chi connectivity index (χ1v) is 5.88. The molecule has 1 heterocycles. The first kappa shape index (κ1) is 12.8. The Kier molecular flexibility index (Phi) is 4.17. The molecule has 1 aromatic heterocycles. The molecule has 0 amide bonds. The van der Waals surface area contributed by atoms with Gasteiger partial charge in [0.05, 0.1) is 0 Å². The molecule has 1 aromatic rings. The molecule has 1 unspecified atom stereocenters. The van der Waals surface area contributed by atoms with Gasteiger partial charge in [-0.05, 0) is 12.8 Å². The number of hydrogen-bond donors (Lipinski definition) is 2. The zero-order valence-electron chi connectivity index (χ0n) is 9.54. The predicted octanol–water partition coefficient (Wildman–Crippen LogP) is 0.756. The average molecular weight is 244 g/mol. The molecular weight excluding hydrogens is 228 g/mol. The average Bonchev–Trinajstić information content (AvgIpc) is 2.49. The van der Waals surface area contributed by atoms with Gasteiger partial charge >= 0.3 is 5.97 Å². The third-order valence-electron chi connectivity index (χ3n) is 1.96. The number of hydrogen-bond acceptors (Lipinski definition) is 5. The SMILES string of the molecule is CC(C)Cc1nnc(SC(C)C(=O)O)n1N. The molecule has 0 spiro atoms. The van der Waals surface area contributed by atoms with E-state index < -0.39 is 11.2 Å². The second-order valence-electron chi connectivity index (χ2n) is 3.97. The van der Waals surface area contributed by atoms with E-state index in [1.54, 1.807) is 6.92 Å². The molecule has 0 aliphatic rings. The maximum Gasteiger partial charge on any atom is 0.316 e. The van der Waals surface area contributed by atoms with E-state index in [1.165, 1.54) is 4.68 Å². The van der Waals surface area contributed by atoms with Crippen molar-refractivity contribution in [2.24, 2.45) is 5.92 Å². The first-order chi connectivity index (χ1) is 7.41. The second-order valence-corrected chi connectivity index (χ2v) is 5.27. The first-order valence-electron chi connectivity index (χ1n) is 5.00. The fourth-order valence-electron chi connectivity index (χ4n) is 1.10. The number of thioether (sulfide) groups is 1. The highest BCUT2D eigenvalue weighted by atomic mass is 32.2. The van der Waals surface area contributed by atoms with Crippen molar-refractivity contribution in [2.45, 2.75) is 37.6 Å². The molecule has 3 N–H and O–H groups in total. The van der Waals surface area contributed by atoms with Gasteiger partial charge in [0.2, 0.25) is 5.16 Å². The van der Waals surface area contributed by atoms with Crippen LogP contribution in [0.25, 0.3) is 0 Å². The minimum absolute atomic E-state index is 0.432. The Morgan fingerprint density at radius 1 is 1.50 bits per heavy atom. The van der Waals surface area contributed by atoms with Crippen LogP contribution in [0.5, 0.6) is 0 Å². The summed E-state index contributed by atoms with van der Waals surface area (Å²) in [6.07, 6.45) is 0.728. The van der Waals surface area contributed by atoms with E-state index in [4.69, 9.17) is 10.9 Å². The topological polar surface area (TPSA) is 94.0 Å². The Hall–Kier alpha value is -1.24. The molecule has 6 nitrogen and oxygen atoms in total. The number of nitrogens with zero attached hydrogens (tertiary/aromatic N) is 3. The maximum absolute atomic E-state index is 10.7. The lowest BCUT2D eigenvalue weighted by Gasteiger charge is -2.07. The fourth-order valence-corrected chi connectivity index (χ4v) is 1.82. The van der Waals surface area contributed by atoms with Gasteiger partial charge < -0.3 is 10.9 Å². The highest BCUT2D eigenvalue weighted by Crippen LogP contribution is 2.21. The van der Waals surface area contributed by atoms with Crippen molar-refractivity contribution in [1.29, 1.82) is 0 Å². The van der Waals surface area contributed by atoms with Crippen LogP contribution in [0, 0.1) is 5.92 Å². The lowest BCUT2D eigenvalue weighted by Crippen LogP contribution is -2.18. The van der Waals surface area contributed by atoms with Crippen molar-refractivity contribution in [1.82, 2.24) is 14.9 Å². The third-order valence-corrected chi connectivity index (χ3v) is 3.00. The van der Waals surface area contributed by atoms with Gasteiger partial charge in [-0.25, -0.2) is 4.68 Å². The van der Waals surface area contributed by atoms with Crippen LogP contribution in [0.15, 0.2) is 5.16 Å². The number of carbonyl (C=O) groups is 1. The van der Waals surface area contributed by atoms with E-state index >= 15 is 0 Å². The van der Waals surface area contributed by atoms with Crippen molar-refractivity contribution in [2.75, 3.05) is 5.84 Å². The molecule has 0 fully saturated rings.